The molecule has 0 fully saturated rings. The van der Waals surface area contributed by atoms with Gasteiger partial charge in [-0.3, -0.25) is 9.13 Å². The molecule has 0 unspecified atom stereocenters. The van der Waals surface area contributed by atoms with Crippen molar-refractivity contribution in [2.45, 2.75) is 79.1 Å². The maximum absolute atomic E-state index is 4.73. The molecule has 3 rings (SSSR count). The zero-order valence-corrected chi connectivity index (χ0v) is 21.5. The number of nitrogens with zero attached hydrogens (tertiary/aromatic N) is 3. The lowest BCUT2D eigenvalue weighted by molar-refractivity contribution is 0.765. The van der Waals surface area contributed by atoms with Gasteiger partial charge in [0, 0.05) is 12.4 Å². The molecule has 0 aliphatic carbocycles. The third-order valence-electron chi connectivity index (χ3n) is 6.08. The number of para-hydroxylation sites is 2. The zero-order chi connectivity index (χ0) is 22.9. The van der Waals surface area contributed by atoms with Crippen LogP contribution < -0.4 is 5.62 Å². The van der Waals surface area contributed by atoms with E-state index in [-0.39, 0.29) is 0 Å². The van der Waals surface area contributed by atoms with Crippen molar-refractivity contribution in [1.82, 2.24) is 9.13 Å². The van der Waals surface area contributed by atoms with Crippen LogP contribution >= 0.6 is 0 Å². The Hall–Kier alpha value is -2.02. The van der Waals surface area contributed by atoms with Gasteiger partial charge in [0.15, 0.2) is 5.62 Å². The minimum atomic E-state index is 0.427. The second kappa shape index (κ2) is 9.64. The second-order valence-corrected chi connectivity index (χ2v) is 9.91. The molecular formula is C27H36AlN3. The monoisotopic (exact) mass is 429 g/mol. The Morgan fingerprint density at radius 3 is 1.10 bits per heavy atom. The second-order valence-electron chi connectivity index (χ2n) is 9.66. The van der Waals surface area contributed by atoms with Crippen molar-refractivity contribution in [3.8, 4) is 11.4 Å². The molecule has 1 aromatic heterocycles. The Labute approximate surface area is 196 Å². The molecule has 0 bridgehead atoms. The molecule has 0 N–H and O–H groups in total. The van der Waals surface area contributed by atoms with Gasteiger partial charge < -0.3 is 3.98 Å². The Morgan fingerprint density at radius 1 is 0.581 bits per heavy atom. The minimum Gasteiger partial charge on any atom is -0.398 e. The van der Waals surface area contributed by atoms with Crippen molar-refractivity contribution in [2.24, 2.45) is 3.98 Å². The Morgan fingerprint density at radius 2 is 0.871 bits per heavy atom. The molecule has 1 heterocycles. The van der Waals surface area contributed by atoms with Gasteiger partial charge in [0.05, 0.1) is 11.4 Å². The molecule has 31 heavy (non-hydrogen) atoms. The molecule has 2 radical (unpaired) electrons. The first kappa shape index (κ1) is 23.6. The molecule has 0 amide bonds. The summed E-state index contributed by atoms with van der Waals surface area (Å²) >= 11 is 2.60. The highest BCUT2D eigenvalue weighted by Crippen LogP contribution is 2.32. The topological polar surface area (TPSA) is 22.2 Å². The number of imidazole rings is 1. The van der Waals surface area contributed by atoms with E-state index in [9.17, 15) is 0 Å². The summed E-state index contributed by atoms with van der Waals surface area (Å²) in [5.41, 5.74) is 8.86. The maximum atomic E-state index is 4.73. The van der Waals surface area contributed by atoms with E-state index in [0.29, 0.717) is 23.7 Å². The van der Waals surface area contributed by atoms with Crippen LogP contribution in [0.5, 0.6) is 0 Å². The van der Waals surface area contributed by atoms with Gasteiger partial charge in [0.2, 0.25) is 0 Å². The molecule has 0 saturated heterocycles. The molecule has 0 saturated carbocycles. The van der Waals surface area contributed by atoms with Crippen molar-refractivity contribution in [2.75, 3.05) is 0 Å². The van der Waals surface area contributed by atoms with Crippen LogP contribution in [-0.2, 0) is 0 Å². The fourth-order valence-corrected chi connectivity index (χ4v) is 4.68. The molecule has 3 aromatic rings. The van der Waals surface area contributed by atoms with Gasteiger partial charge in [-0.05, 0) is 45.9 Å². The molecule has 4 heteroatoms. The first-order valence-corrected chi connectivity index (χ1v) is 12.0. The van der Waals surface area contributed by atoms with E-state index in [1.165, 1.54) is 33.6 Å². The smallest absolute Gasteiger partial charge is 0.351 e. The summed E-state index contributed by atoms with van der Waals surface area (Å²) in [6.07, 6.45) is 4.36. The molecule has 0 aliphatic rings. The maximum Gasteiger partial charge on any atom is 0.351 e. The molecule has 0 spiro atoms. The van der Waals surface area contributed by atoms with Crippen molar-refractivity contribution in [1.29, 1.82) is 0 Å². The van der Waals surface area contributed by atoms with Gasteiger partial charge in [-0.2, -0.15) is 0 Å². The van der Waals surface area contributed by atoms with Gasteiger partial charge in [0.1, 0.15) is 0 Å². The predicted octanol–water partition coefficient (Wildman–Crippen LogP) is 6.75. The summed E-state index contributed by atoms with van der Waals surface area (Å²) in [5.74, 6) is 1.71. The van der Waals surface area contributed by atoms with Crippen LogP contribution in [0.1, 0.15) is 101 Å². The molecule has 0 aliphatic heterocycles. The summed E-state index contributed by atoms with van der Waals surface area (Å²) in [6, 6.07) is 13.4. The van der Waals surface area contributed by atoms with Crippen LogP contribution in [0.4, 0.5) is 0 Å². The van der Waals surface area contributed by atoms with Crippen LogP contribution in [0.3, 0.4) is 0 Å². The number of rotatable bonds is 6. The standard InChI is InChI=1S/C27H36N3.Al/c1-17(2)21-11-9-12-22(18(3)4)25(21)29-15-16-30(27(29)28)26-23(19(5)6)13-10-14-24(26)20(7)8;/h9-20H,1-8H3;/q-1;+1. The van der Waals surface area contributed by atoms with Crippen LogP contribution in [0.25, 0.3) is 11.4 Å². The van der Waals surface area contributed by atoms with E-state index in [4.69, 9.17) is 3.98 Å². The fraction of sp³-hybridized carbons (Fsp3) is 0.444. The molecule has 0 atom stereocenters. The van der Waals surface area contributed by atoms with Gasteiger partial charge in [-0.1, -0.05) is 91.8 Å². The highest BCUT2D eigenvalue weighted by Gasteiger charge is 2.20. The third-order valence-corrected chi connectivity index (χ3v) is 6.31. The highest BCUT2D eigenvalue weighted by molar-refractivity contribution is 6.05. The number of benzene rings is 2. The van der Waals surface area contributed by atoms with Gasteiger partial charge in [-0.15, -0.1) is 0 Å². The van der Waals surface area contributed by atoms with E-state index in [1.54, 1.807) is 0 Å². The lowest BCUT2D eigenvalue weighted by atomic mass is 9.92. The lowest BCUT2D eigenvalue weighted by Crippen LogP contribution is -2.27. The van der Waals surface area contributed by atoms with E-state index < -0.39 is 0 Å². The number of hydrogen-bond acceptors (Lipinski definition) is 1. The summed E-state index contributed by atoms with van der Waals surface area (Å²) in [6.45, 7) is 18.1. The number of aromatic nitrogens is 2. The fourth-order valence-electron chi connectivity index (χ4n) is 4.44. The Balaban J connectivity index is 2.40. The zero-order valence-electron chi connectivity index (χ0n) is 20.3. The number of hydrogen-bond donors (Lipinski definition) is 0. The van der Waals surface area contributed by atoms with E-state index in [1.807, 2.05) is 0 Å². The minimum absolute atomic E-state index is 0.427. The van der Waals surface area contributed by atoms with Gasteiger partial charge in [-0.25, -0.2) is 0 Å². The summed E-state index contributed by atoms with van der Waals surface area (Å²) in [4.78, 5) is 0. The first-order valence-electron chi connectivity index (χ1n) is 11.5. The lowest BCUT2D eigenvalue weighted by Gasteiger charge is -2.22. The third kappa shape index (κ3) is 4.47. The van der Waals surface area contributed by atoms with Crippen LogP contribution in [-0.4, -0.2) is 25.6 Å². The first-order chi connectivity index (χ1) is 14.7. The van der Waals surface area contributed by atoms with Crippen LogP contribution in [0.2, 0.25) is 0 Å². The van der Waals surface area contributed by atoms with E-state index in [0.717, 1.165) is 5.62 Å². The summed E-state index contributed by atoms with van der Waals surface area (Å²) in [5, 5.41) is 0. The van der Waals surface area contributed by atoms with Gasteiger partial charge >= 0.3 is 16.5 Å². The van der Waals surface area contributed by atoms with Crippen molar-refractivity contribution >= 4 is 16.5 Å². The van der Waals surface area contributed by atoms with E-state index >= 15 is 0 Å². The summed E-state index contributed by atoms with van der Waals surface area (Å²) in [7, 11) is 0. The molecule has 2 aromatic carbocycles. The normalized spacial score (nSPS) is 11.9. The van der Waals surface area contributed by atoms with Gasteiger partial charge in [0.25, 0.3) is 0 Å². The van der Waals surface area contributed by atoms with E-state index in [2.05, 4.69) is 130 Å². The van der Waals surface area contributed by atoms with Crippen LogP contribution in [0.15, 0.2) is 52.8 Å². The Bertz CT molecular complexity index is 977. The van der Waals surface area contributed by atoms with Crippen LogP contribution in [0, 0.1) is 0 Å². The van der Waals surface area contributed by atoms with Crippen molar-refractivity contribution < 1.29 is 0 Å². The quantitative estimate of drug-likeness (QED) is 0.387. The predicted molar refractivity (Wildman–Crippen MR) is 133 cm³/mol. The van der Waals surface area contributed by atoms with Crippen molar-refractivity contribution in [3.63, 3.8) is 0 Å². The summed E-state index contributed by atoms with van der Waals surface area (Å²) < 4.78 is 9.28. The van der Waals surface area contributed by atoms with Crippen molar-refractivity contribution in [3.05, 3.63) is 76.7 Å². The SMILES string of the molecule is CC(C)c1cccc(C(C)C)c1-n1ccn(-c2c(C(C)C)cccc2C(C)C)c1=[N][Al]. The molecule has 3 nitrogen and oxygen atoms in total. The average Bonchev–Trinajstić information content (AvgIpc) is 3.15. The molecule has 162 valence electrons. The highest BCUT2D eigenvalue weighted by atomic mass is 27.1. The Kier molecular flexibility index (Phi) is 7.35. The largest absolute Gasteiger partial charge is 0.398 e. The average molecular weight is 430 g/mol. The molecular weight excluding hydrogens is 393 g/mol.